The van der Waals surface area contributed by atoms with Crippen molar-refractivity contribution >= 4 is 35.1 Å². The zero-order valence-electron chi connectivity index (χ0n) is 20.1. The van der Waals surface area contributed by atoms with Crippen LogP contribution in [-0.2, 0) is 16.1 Å². The van der Waals surface area contributed by atoms with Crippen molar-refractivity contribution < 1.29 is 9.53 Å². The number of rotatable bonds is 7. The molecule has 0 atom stereocenters. The molecule has 0 spiro atoms. The molecule has 1 aliphatic heterocycles. The number of hydrogen-bond donors (Lipinski definition) is 0. The number of likely N-dealkylation sites (N-methyl/N-ethyl adjacent to an activating group) is 1. The number of carbonyl (C=O) groups is 1. The number of nitrogens with zero attached hydrogens (tertiary/aromatic N) is 3. The summed E-state index contributed by atoms with van der Waals surface area (Å²) in [6, 6.07) is 38.8. The van der Waals surface area contributed by atoms with Crippen molar-refractivity contribution in [3.63, 3.8) is 0 Å². The lowest BCUT2D eigenvalue weighted by atomic mass is 10.1. The Labute approximate surface area is 211 Å². The van der Waals surface area contributed by atoms with Gasteiger partial charge in [0.2, 0.25) is 0 Å². The van der Waals surface area contributed by atoms with Crippen molar-refractivity contribution in [3.05, 3.63) is 132 Å². The van der Waals surface area contributed by atoms with Gasteiger partial charge in [0.1, 0.15) is 0 Å². The lowest BCUT2D eigenvalue weighted by molar-refractivity contribution is -0.122. The first kappa shape index (κ1) is 23.1. The van der Waals surface area contributed by atoms with E-state index in [2.05, 4.69) is 34.2 Å². The van der Waals surface area contributed by atoms with Crippen LogP contribution in [0, 0.1) is 0 Å². The van der Waals surface area contributed by atoms with Crippen LogP contribution in [0.5, 0.6) is 0 Å². The van der Waals surface area contributed by atoms with Crippen LogP contribution in [0.4, 0.5) is 17.1 Å². The third-order valence-corrected chi connectivity index (χ3v) is 5.92. The van der Waals surface area contributed by atoms with Crippen LogP contribution < -0.4 is 4.90 Å². The van der Waals surface area contributed by atoms with Crippen LogP contribution in [0.2, 0.25) is 0 Å². The number of ether oxygens (including phenoxy) is 1. The lowest BCUT2D eigenvalue weighted by Gasteiger charge is -2.25. The number of anilines is 3. The number of benzene rings is 4. The SMILES string of the molecule is CCN1C(=O)/C(=C\c2ccc(N(c3ccccc3)c3ccccc3)cc2)O/C1=N/Cc1ccccc1. The third-order valence-electron chi connectivity index (χ3n) is 5.92. The first-order chi connectivity index (χ1) is 17.7. The first-order valence-electron chi connectivity index (χ1n) is 12.0. The highest BCUT2D eigenvalue weighted by Crippen LogP contribution is 2.34. The second-order valence-corrected chi connectivity index (χ2v) is 8.34. The summed E-state index contributed by atoms with van der Waals surface area (Å²) in [5.41, 5.74) is 5.10. The van der Waals surface area contributed by atoms with E-state index in [-0.39, 0.29) is 11.7 Å². The van der Waals surface area contributed by atoms with Crippen LogP contribution >= 0.6 is 0 Å². The molecule has 178 valence electrons. The van der Waals surface area contributed by atoms with Gasteiger partial charge in [-0.3, -0.25) is 9.69 Å². The predicted molar refractivity (Wildman–Crippen MR) is 145 cm³/mol. The largest absolute Gasteiger partial charge is 0.420 e. The molecule has 0 saturated carbocycles. The van der Waals surface area contributed by atoms with Crippen molar-refractivity contribution in [1.82, 2.24) is 4.90 Å². The number of amides is 1. The monoisotopic (exact) mass is 473 g/mol. The van der Waals surface area contributed by atoms with Gasteiger partial charge in [-0.15, -0.1) is 0 Å². The first-order valence-corrected chi connectivity index (χ1v) is 12.0. The molecule has 0 aromatic heterocycles. The fourth-order valence-corrected chi connectivity index (χ4v) is 4.12. The maximum absolute atomic E-state index is 13.0. The van der Waals surface area contributed by atoms with E-state index in [1.807, 2.05) is 97.9 Å². The maximum Gasteiger partial charge on any atom is 0.300 e. The Morgan fingerprint density at radius 2 is 1.28 bits per heavy atom. The second kappa shape index (κ2) is 10.7. The average molecular weight is 474 g/mol. The van der Waals surface area contributed by atoms with Crippen LogP contribution in [0.3, 0.4) is 0 Å². The zero-order valence-corrected chi connectivity index (χ0v) is 20.1. The molecule has 0 radical (unpaired) electrons. The number of amidine groups is 1. The fourth-order valence-electron chi connectivity index (χ4n) is 4.12. The van der Waals surface area contributed by atoms with Crippen molar-refractivity contribution in [2.45, 2.75) is 13.5 Å². The third kappa shape index (κ3) is 5.05. The quantitative estimate of drug-likeness (QED) is 0.273. The van der Waals surface area contributed by atoms with Gasteiger partial charge >= 0.3 is 6.02 Å². The molecular formula is C31H27N3O2. The molecule has 0 unspecified atom stereocenters. The lowest BCUT2D eigenvalue weighted by Crippen LogP contribution is -2.29. The summed E-state index contributed by atoms with van der Waals surface area (Å²) < 4.78 is 5.90. The number of carbonyl (C=O) groups excluding carboxylic acids is 1. The van der Waals surface area contributed by atoms with Gasteiger partial charge < -0.3 is 9.64 Å². The van der Waals surface area contributed by atoms with E-state index >= 15 is 0 Å². The minimum Gasteiger partial charge on any atom is -0.420 e. The highest BCUT2D eigenvalue weighted by atomic mass is 16.5. The molecule has 1 aliphatic rings. The van der Waals surface area contributed by atoms with Gasteiger partial charge in [-0.2, -0.15) is 0 Å². The van der Waals surface area contributed by atoms with Crippen molar-refractivity contribution in [3.8, 4) is 0 Å². The summed E-state index contributed by atoms with van der Waals surface area (Å²) >= 11 is 0. The standard InChI is InChI=1S/C31H27N3O2/c1-2-33-30(35)29(36-31(33)32-23-25-12-6-3-7-13-25)22-24-18-20-28(21-19-24)34(26-14-8-4-9-15-26)27-16-10-5-11-17-27/h3-22H,2,23H2,1H3/b29-22+,32-31+. The van der Waals surface area contributed by atoms with Gasteiger partial charge in [0.25, 0.3) is 5.91 Å². The molecule has 36 heavy (non-hydrogen) atoms. The number of para-hydroxylation sites is 2. The van der Waals surface area contributed by atoms with Crippen molar-refractivity contribution in [2.75, 3.05) is 11.4 Å². The minimum absolute atomic E-state index is 0.177. The van der Waals surface area contributed by atoms with Gasteiger partial charge in [-0.1, -0.05) is 78.9 Å². The molecule has 4 aromatic rings. The van der Waals surface area contributed by atoms with Gasteiger partial charge in [0.05, 0.1) is 6.54 Å². The van der Waals surface area contributed by atoms with Gasteiger partial charge in [-0.05, 0) is 60.5 Å². The Bertz CT molecular complexity index is 1330. The summed E-state index contributed by atoms with van der Waals surface area (Å²) in [5.74, 6) is 0.1000. The zero-order chi connectivity index (χ0) is 24.7. The Morgan fingerprint density at radius 3 is 1.83 bits per heavy atom. The fraction of sp³-hybridized carbons (Fsp3) is 0.0968. The number of aliphatic imine (C=N–C) groups is 1. The van der Waals surface area contributed by atoms with E-state index in [9.17, 15) is 4.79 Å². The summed E-state index contributed by atoms with van der Waals surface area (Å²) in [5, 5.41) is 0. The molecule has 0 aliphatic carbocycles. The van der Waals surface area contributed by atoms with Crippen molar-refractivity contribution in [2.24, 2.45) is 4.99 Å². The average Bonchev–Trinajstić information content (AvgIpc) is 3.24. The van der Waals surface area contributed by atoms with E-state index in [4.69, 9.17) is 4.74 Å². The summed E-state index contributed by atoms with van der Waals surface area (Å²) in [6.45, 7) is 2.86. The second-order valence-electron chi connectivity index (χ2n) is 8.34. The molecule has 0 N–H and O–H groups in total. The van der Waals surface area contributed by atoms with Gasteiger partial charge in [-0.25, -0.2) is 4.99 Å². The van der Waals surface area contributed by atoms with E-state index in [0.29, 0.717) is 19.1 Å². The molecule has 1 heterocycles. The topological polar surface area (TPSA) is 45.1 Å². The molecule has 1 saturated heterocycles. The molecule has 0 bridgehead atoms. The minimum atomic E-state index is -0.177. The van der Waals surface area contributed by atoms with E-state index in [0.717, 1.165) is 28.2 Å². The maximum atomic E-state index is 13.0. The molecule has 5 rings (SSSR count). The van der Waals surface area contributed by atoms with Gasteiger partial charge in [0, 0.05) is 23.6 Å². The molecule has 5 nitrogen and oxygen atoms in total. The molecule has 1 fully saturated rings. The summed E-state index contributed by atoms with van der Waals surface area (Å²) in [6.07, 6.45) is 1.77. The van der Waals surface area contributed by atoms with E-state index in [1.54, 1.807) is 11.0 Å². The Kier molecular flexibility index (Phi) is 6.90. The van der Waals surface area contributed by atoms with Gasteiger partial charge in [0.15, 0.2) is 5.76 Å². The molecule has 1 amide bonds. The normalized spacial score (nSPS) is 15.4. The van der Waals surface area contributed by atoms with Crippen LogP contribution in [0.1, 0.15) is 18.1 Å². The highest BCUT2D eigenvalue weighted by molar-refractivity contribution is 6.11. The van der Waals surface area contributed by atoms with Crippen LogP contribution in [-0.4, -0.2) is 23.4 Å². The van der Waals surface area contributed by atoms with E-state index < -0.39 is 0 Å². The molecule has 5 heteroatoms. The van der Waals surface area contributed by atoms with E-state index in [1.165, 1.54) is 0 Å². The summed E-state index contributed by atoms with van der Waals surface area (Å²) in [4.78, 5) is 21.3. The van der Waals surface area contributed by atoms with Crippen molar-refractivity contribution in [1.29, 1.82) is 0 Å². The van der Waals surface area contributed by atoms with Crippen LogP contribution in [0.25, 0.3) is 6.08 Å². The smallest absolute Gasteiger partial charge is 0.300 e. The van der Waals surface area contributed by atoms with Crippen LogP contribution in [0.15, 0.2) is 126 Å². The Morgan fingerprint density at radius 1 is 0.750 bits per heavy atom. The predicted octanol–water partition coefficient (Wildman–Crippen LogP) is 6.93. The highest BCUT2D eigenvalue weighted by Gasteiger charge is 2.33. The summed E-state index contributed by atoms with van der Waals surface area (Å²) in [7, 11) is 0. The molecule has 4 aromatic carbocycles. The molecular weight excluding hydrogens is 446 g/mol. The number of hydrogen-bond acceptors (Lipinski definition) is 4. The Balaban J connectivity index is 1.39. The Hall–Kier alpha value is -4.64.